The molecule has 1 aromatic carbocycles. The van der Waals surface area contributed by atoms with E-state index in [-0.39, 0.29) is 48.7 Å². The van der Waals surface area contributed by atoms with Crippen LogP contribution in [0, 0.1) is 11.6 Å². The normalized spacial score (nSPS) is 10.8. The van der Waals surface area contributed by atoms with Crippen LogP contribution in [0.4, 0.5) is 14.7 Å². The molecule has 0 aliphatic heterocycles. The number of aromatic nitrogens is 3. The summed E-state index contributed by atoms with van der Waals surface area (Å²) in [7, 11) is 1.45. The first-order chi connectivity index (χ1) is 12.9. The molecule has 0 aliphatic carbocycles. The van der Waals surface area contributed by atoms with Crippen molar-refractivity contribution in [3.05, 3.63) is 52.5 Å². The van der Waals surface area contributed by atoms with E-state index >= 15 is 0 Å². The monoisotopic (exact) mass is 414 g/mol. The Labute approximate surface area is 163 Å². The van der Waals surface area contributed by atoms with Gasteiger partial charge in [-0.15, -0.1) is 12.4 Å². The van der Waals surface area contributed by atoms with Crippen LogP contribution in [0.1, 0.15) is 0 Å². The van der Waals surface area contributed by atoms with E-state index in [2.05, 4.69) is 15.3 Å². The highest BCUT2D eigenvalue weighted by Gasteiger charge is 2.15. The van der Waals surface area contributed by atoms with Crippen LogP contribution in [0.15, 0.2) is 35.3 Å². The van der Waals surface area contributed by atoms with Crippen LogP contribution in [-0.4, -0.2) is 44.0 Å². The number of benzene rings is 1. The van der Waals surface area contributed by atoms with Gasteiger partial charge in [0.15, 0.2) is 17.3 Å². The van der Waals surface area contributed by atoms with Crippen LogP contribution in [0.3, 0.4) is 0 Å². The second-order valence-corrected chi connectivity index (χ2v) is 5.73. The summed E-state index contributed by atoms with van der Waals surface area (Å²) in [5, 5.41) is 21.4. The predicted molar refractivity (Wildman–Crippen MR) is 100 cm³/mol. The number of ether oxygens (including phenoxy) is 1. The van der Waals surface area contributed by atoms with Crippen LogP contribution in [0.25, 0.3) is 11.0 Å². The maximum atomic E-state index is 13.8. The van der Waals surface area contributed by atoms with Gasteiger partial charge < -0.3 is 20.3 Å². The summed E-state index contributed by atoms with van der Waals surface area (Å²) in [4.78, 5) is 20.7. The highest BCUT2D eigenvalue weighted by atomic mass is 35.5. The van der Waals surface area contributed by atoms with E-state index in [1.54, 1.807) is 0 Å². The second kappa shape index (κ2) is 8.91. The predicted octanol–water partition coefficient (Wildman–Crippen LogP) is 1.59. The summed E-state index contributed by atoms with van der Waals surface area (Å²) in [6.45, 7) is -0.653. The van der Waals surface area contributed by atoms with E-state index in [1.807, 2.05) is 0 Å². The van der Waals surface area contributed by atoms with E-state index in [1.165, 1.54) is 23.9 Å². The van der Waals surface area contributed by atoms with Crippen LogP contribution >= 0.6 is 12.4 Å². The number of hydrogen-bond donors (Lipinski definition) is 3. The molecule has 28 heavy (non-hydrogen) atoms. The summed E-state index contributed by atoms with van der Waals surface area (Å²) >= 11 is 0. The zero-order valence-electron chi connectivity index (χ0n) is 14.6. The average Bonchev–Trinajstić information content (AvgIpc) is 2.66. The number of halogens is 3. The molecule has 0 bridgehead atoms. The molecular weight excluding hydrogens is 398 g/mol. The maximum Gasteiger partial charge on any atom is 0.294 e. The molecule has 0 radical (unpaired) electrons. The quantitative estimate of drug-likeness (QED) is 0.562. The lowest BCUT2D eigenvalue weighted by atomic mass is 10.3. The van der Waals surface area contributed by atoms with Crippen molar-refractivity contribution in [2.75, 3.05) is 18.5 Å². The van der Waals surface area contributed by atoms with Crippen LogP contribution in [0.2, 0.25) is 0 Å². The Morgan fingerprint density at radius 3 is 2.57 bits per heavy atom. The molecule has 3 rings (SSSR count). The molecule has 3 N–H and O–H groups in total. The van der Waals surface area contributed by atoms with Gasteiger partial charge in [-0.05, 0) is 18.2 Å². The Hall–Kier alpha value is -2.82. The Balaban J connectivity index is 0.00000280. The number of nitrogens with one attached hydrogen (secondary N) is 1. The fourth-order valence-electron chi connectivity index (χ4n) is 2.37. The summed E-state index contributed by atoms with van der Waals surface area (Å²) in [5.74, 6) is -2.05. The lowest BCUT2D eigenvalue weighted by Crippen LogP contribution is -2.29. The summed E-state index contributed by atoms with van der Waals surface area (Å²) < 4.78 is 33.3. The van der Waals surface area contributed by atoms with Gasteiger partial charge in [0.2, 0.25) is 5.95 Å². The molecule has 0 unspecified atom stereocenters. The highest BCUT2D eigenvalue weighted by Crippen LogP contribution is 2.24. The molecule has 0 saturated carbocycles. The molecule has 2 aromatic heterocycles. The third-order valence-corrected chi connectivity index (χ3v) is 3.80. The number of pyridine rings is 1. The van der Waals surface area contributed by atoms with Gasteiger partial charge in [0.1, 0.15) is 11.5 Å². The van der Waals surface area contributed by atoms with E-state index in [0.717, 1.165) is 12.1 Å². The molecule has 0 fully saturated rings. The third-order valence-electron chi connectivity index (χ3n) is 3.80. The van der Waals surface area contributed by atoms with Gasteiger partial charge >= 0.3 is 0 Å². The molecule has 3 aromatic rings. The van der Waals surface area contributed by atoms with Crippen molar-refractivity contribution in [2.45, 2.75) is 6.04 Å². The molecule has 0 spiro atoms. The number of hydrogen-bond acceptors (Lipinski definition) is 7. The Kier molecular flexibility index (Phi) is 6.84. The summed E-state index contributed by atoms with van der Waals surface area (Å²) in [6, 6.07) is 3.45. The Morgan fingerprint density at radius 2 is 1.93 bits per heavy atom. The maximum absolute atomic E-state index is 13.8. The first kappa shape index (κ1) is 21.5. The number of anilines is 1. The number of rotatable bonds is 6. The lowest BCUT2D eigenvalue weighted by Gasteiger charge is -2.14. The average molecular weight is 415 g/mol. The van der Waals surface area contributed by atoms with Gasteiger partial charge in [-0.25, -0.2) is 13.8 Å². The van der Waals surface area contributed by atoms with E-state index in [0.29, 0.717) is 11.5 Å². The smallest absolute Gasteiger partial charge is 0.294 e. The Bertz CT molecular complexity index is 1040. The molecular formula is C17H17ClF2N4O4. The highest BCUT2D eigenvalue weighted by molar-refractivity contribution is 5.85. The van der Waals surface area contributed by atoms with Crippen molar-refractivity contribution in [3.63, 3.8) is 0 Å². The molecule has 8 nitrogen and oxygen atoms in total. The molecule has 0 saturated heterocycles. The third kappa shape index (κ3) is 4.35. The first-order valence-corrected chi connectivity index (χ1v) is 7.91. The molecule has 0 atom stereocenters. The van der Waals surface area contributed by atoms with Crippen molar-refractivity contribution in [1.29, 1.82) is 0 Å². The van der Waals surface area contributed by atoms with Crippen molar-refractivity contribution < 1.29 is 23.7 Å². The minimum Gasteiger partial charge on any atom is -0.448 e. The minimum absolute atomic E-state index is 0. The number of fused-ring (bicyclic) bond motifs is 1. The SMILES string of the molecule is Cl.Cn1c(=O)c(Oc2ccc(F)cc2F)cc2cnc(NC(CO)CO)nc21. The number of aliphatic hydroxyl groups excluding tert-OH is 2. The lowest BCUT2D eigenvalue weighted by molar-refractivity contribution is 0.203. The van der Waals surface area contributed by atoms with Crippen molar-refractivity contribution in [1.82, 2.24) is 14.5 Å². The van der Waals surface area contributed by atoms with Gasteiger partial charge in [0, 0.05) is 24.7 Å². The van der Waals surface area contributed by atoms with E-state index in [4.69, 9.17) is 14.9 Å². The zero-order valence-corrected chi connectivity index (χ0v) is 15.4. The largest absolute Gasteiger partial charge is 0.448 e. The minimum atomic E-state index is -0.938. The zero-order chi connectivity index (χ0) is 19.6. The molecule has 0 aliphatic rings. The van der Waals surface area contributed by atoms with Crippen molar-refractivity contribution in [2.24, 2.45) is 7.05 Å². The number of aliphatic hydroxyl groups is 2. The number of aryl methyl sites for hydroxylation is 1. The van der Waals surface area contributed by atoms with Gasteiger partial charge in [-0.3, -0.25) is 9.36 Å². The van der Waals surface area contributed by atoms with Gasteiger partial charge in [-0.1, -0.05) is 0 Å². The van der Waals surface area contributed by atoms with E-state index < -0.39 is 23.2 Å². The van der Waals surface area contributed by atoms with Gasteiger partial charge in [0.25, 0.3) is 5.56 Å². The van der Waals surface area contributed by atoms with E-state index in [9.17, 15) is 13.6 Å². The summed E-state index contributed by atoms with van der Waals surface area (Å²) in [5.41, 5.74) is -0.323. The van der Waals surface area contributed by atoms with Gasteiger partial charge in [0.05, 0.1) is 19.3 Å². The van der Waals surface area contributed by atoms with Gasteiger partial charge in [-0.2, -0.15) is 4.98 Å². The van der Waals surface area contributed by atoms with Crippen molar-refractivity contribution in [3.8, 4) is 11.5 Å². The van der Waals surface area contributed by atoms with Crippen LogP contribution in [-0.2, 0) is 7.05 Å². The first-order valence-electron chi connectivity index (χ1n) is 7.91. The van der Waals surface area contributed by atoms with Crippen LogP contribution in [0.5, 0.6) is 11.5 Å². The molecule has 0 amide bonds. The fraction of sp³-hybridized carbons (Fsp3) is 0.235. The standard InChI is InChI=1S/C17H16F2N4O4.ClH/c1-23-15-9(6-20-17(22-15)21-11(7-24)8-25)4-14(16(23)26)27-13-3-2-10(18)5-12(13)19;/h2-6,11,24-25H,7-8H2,1H3,(H,20,21,22);1H. The van der Waals surface area contributed by atoms with Crippen LogP contribution < -0.4 is 15.6 Å². The molecule has 11 heteroatoms. The summed E-state index contributed by atoms with van der Waals surface area (Å²) in [6.07, 6.45) is 1.41. The Morgan fingerprint density at radius 1 is 1.21 bits per heavy atom. The topological polar surface area (TPSA) is 110 Å². The molecule has 2 heterocycles. The number of nitrogens with zero attached hydrogens (tertiary/aromatic N) is 3. The molecule has 150 valence electrons. The van der Waals surface area contributed by atoms with Crippen molar-refractivity contribution >= 4 is 29.4 Å². The fourth-order valence-corrected chi connectivity index (χ4v) is 2.37. The second-order valence-electron chi connectivity index (χ2n) is 5.73.